The van der Waals surface area contributed by atoms with Crippen molar-refractivity contribution in [2.75, 3.05) is 39.4 Å². The van der Waals surface area contributed by atoms with E-state index in [0.717, 1.165) is 5.69 Å². The van der Waals surface area contributed by atoms with Crippen molar-refractivity contribution in [2.24, 2.45) is 0 Å². The van der Waals surface area contributed by atoms with Gasteiger partial charge in [0.1, 0.15) is 0 Å². The maximum atomic E-state index is 12.9. The summed E-state index contributed by atoms with van der Waals surface area (Å²) in [6, 6.07) is 18.8. The summed E-state index contributed by atoms with van der Waals surface area (Å²) in [5, 5.41) is 0. The van der Waals surface area contributed by atoms with Gasteiger partial charge in [0.05, 0.1) is 6.61 Å². The number of hydrogen-bond acceptors (Lipinski definition) is 4. The predicted octanol–water partition coefficient (Wildman–Crippen LogP) is 3.24. The van der Waals surface area contributed by atoms with Crippen LogP contribution in [-0.2, 0) is 4.79 Å². The van der Waals surface area contributed by atoms with Crippen LogP contribution in [0, 0.1) is 0 Å². The summed E-state index contributed by atoms with van der Waals surface area (Å²) < 4.78 is 13.2. The van der Waals surface area contributed by atoms with Crippen LogP contribution in [0.3, 0.4) is 0 Å². The molecule has 2 amide bonds. The second kappa shape index (κ2) is 10.0. The number of hydrogen-bond donors (Lipinski definition) is 0. The van der Waals surface area contributed by atoms with Crippen LogP contribution in [0.2, 0.25) is 0 Å². The maximum Gasteiger partial charge on any atom is 0.260 e. The molecule has 0 aliphatic carbocycles. The van der Waals surface area contributed by atoms with E-state index >= 15 is 0 Å². The normalized spacial score (nSPS) is 13.7. The fraction of sp³-hybridized carbons (Fsp3) is 0.280. The van der Waals surface area contributed by atoms with Crippen molar-refractivity contribution in [1.29, 1.82) is 0 Å². The van der Waals surface area contributed by atoms with E-state index in [9.17, 15) is 9.59 Å². The molecule has 2 aromatic carbocycles. The quantitative estimate of drug-likeness (QED) is 0.574. The van der Waals surface area contributed by atoms with Gasteiger partial charge >= 0.3 is 0 Å². The predicted molar refractivity (Wildman–Crippen MR) is 121 cm³/mol. The van der Waals surface area contributed by atoms with Gasteiger partial charge in [0.15, 0.2) is 18.1 Å². The van der Waals surface area contributed by atoms with Crippen LogP contribution >= 0.6 is 0 Å². The zero-order valence-electron chi connectivity index (χ0n) is 18.1. The van der Waals surface area contributed by atoms with E-state index in [1.54, 1.807) is 15.9 Å². The molecule has 2 heterocycles. The van der Waals surface area contributed by atoms with Gasteiger partial charge in [-0.05, 0) is 55.5 Å². The third kappa shape index (κ3) is 4.94. The fourth-order valence-electron chi connectivity index (χ4n) is 3.70. The summed E-state index contributed by atoms with van der Waals surface area (Å²) >= 11 is 0. The number of carbonyl (C=O) groups is 2. The molecule has 1 aliphatic rings. The Balaban J connectivity index is 1.28. The molecule has 1 aliphatic heterocycles. The highest BCUT2D eigenvalue weighted by atomic mass is 16.5. The highest BCUT2D eigenvalue weighted by Crippen LogP contribution is 2.26. The molecule has 0 saturated carbocycles. The molecule has 7 heteroatoms. The highest BCUT2D eigenvalue weighted by Gasteiger charge is 2.25. The first-order valence-electron chi connectivity index (χ1n) is 10.8. The Bertz CT molecular complexity index is 1040. The van der Waals surface area contributed by atoms with Crippen LogP contribution < -0.4 is 9.47 Å². The van der Waals surface area contributed by atoms with Gasteiger partial charge in [0.2, 0.25) is 0 Å². The molecule has 3 aromatic rings. The third-order valence-corrected chi connectivity index (χ3v) is 5.44. The topological polar surface area (TPSA) is 64.0 Å². The number of benzene rings is 2. The molecule has 0 N–H and O–H groups in total. The molecule has 0 bridgehead atoms. The summed E-state index contributed by atoms with van der Waals surface area (Å²) in [7, 11) is 0. The number of aromatic nitrogens is 1. The highest BCUT2D eigenvalue weighted by molar-refractivity contribution is 5.94. The van der Waals surface area contributed by atoms with Gasteiger partial charge in [0.25, 0.3) is 11.8 Å². The van der Waals surface area contributed by atoms with Crippen molar-refractivity contribution < 1.29 is 19.1 Å². The Morgan fingerprint density at radius 1 is 0.781 bits per heavy atom. The summed E-state index contributed by atoms with van der Waals surface area (Å²) in [6.45, 7) is 4.35. The van der Waals surface area contributed by atoms with Gasteiger partial charge in [-0.1, -0.05) is 12.1 Å². The standard InChI is InChI=1S/C25H27N3O4/c1-2-31-22-7-3-4-8-23(22)32-19-24(29)27-15-17-28(18-16-27)25(30)20-9-11-21(12-10-20)26-13-5-6-14-26/h3-14H,2,15-19H2,1H3. The zero-order chi connectivity index (χ0) is 22.3. The molecular weight excluding hydrogens is 406 g/mol. The first-order valence-corrected chi connectivity index (χ1v) is 10.8. The minimum atomic E-state index is -0.0977. The lowest BCUT2D eigenvalue weighted by Gasteiger charge is -2.34. The summed E-state index contributed by atoms with van der Waals surface area (Å²) in [5.41, 5.74) is 1.66. The van der Waals surface area contributed by atoms with E-state index in [4.69, 9.17) is 9.47 Å². The summed E-state index contributed by atoms with van der Waals surface area (Å²) in [5.74, 6) is 1.07. The van der Waals surface area contributed by atoms with Crippen molar-refractivity contribution in [3.63, 3.8) is 0 Å². The Hall–Kier alpha value is -3.74. The van der Waals surface area contributed by atoms with Crippen molar-refractivity contribution >= 4 is 11.8 Å². The lowest BCUT2D eigenvalue weighted by atomic mass is 10.1. The molecule has 1 fully saturated rings. The zero-order valence-corrected chi connectivity index (χ0v) is 18.1. The molecule has 7 nitrogen and oxygen atoms in total. The SMILES string of the molecule is CCOc1ccccc1OCC(=O)N1CCN(C(=O)c2ccc(-n3cccc3)cc2)CC1. The van der Waals surface area contributed by atoms with Gasteiger partial charge in [-0.3, -0.25) is 9.59 Å². The molecule has 32 heavy (non-hydrogen) atoms. The first-order chi connectivity index (χ1) is 15.7. The van der Waals surface area contributed by atoms with E-state index in [-0.39, 0.29) is 18.4 Å². The van der Waals surface area contributed by atoms with Crippen LogP contribution in [0.4, 0.5) is 0 Å². The van der Waals surface area contributed by atoms with E-state index in [0.29, 0.717) is 49.8 Å². The van der Waals surface area contributed by atoms with Crippen molar-refractivity contribution in [2.45, 2.75) is 6.92 Å². The number of para-hydroxylation sites is 2. The van der Waals surface area contributed by atoms with Crippen LogP contribution in [0.5, 0.6) is 11.5 Å². The van der Waals surface area contributed by atoms with E-state index in [1.807, 2.05) is 78.5 Å². The van der Waals surface area contributed by atoms with Crippen LogP contribution in [0.15, 0.2) is 73.1 Å². The van der Waals surface area contributed by atoms with Gasteiger partial charge in [-0.25, -0.2) is 0 Å². The molecule has 0 atom stereocenters. The van der Waals surface area contributed by atoms with Crippen molar-refractivity contribution in [3.05, 3.63) is 78.6 Å². The van der Waals surface area contributed by atoms with Gasteiger partial charge in [-0.15, -0.1) is 0 Å². The molecule has 0 radical (unpaired) electrons. The monoisotopic (exact) mass is 433 g/mol. The van der Waals surface area contributed by atoms with Crippen LogP contribution in [-0.4, -0.2) is 65.6 Å². The summed E-state index contributed by atoms with van der Waals surface area (Å²) in [4.78, 5) is 29.0. The van der Waals surface area contributed by atoms with Gasteiger partial charge < -0.3 is 23.8 Å². The Morgan fingerprint density at radius 3 is 2.00 bits per heavy atom. The average molecular weight is 434 g/mol. The molecule has 0 spiro atoms. The number of piperazine rings is 1. The number of amides is 2. The van der Waals surface area contributed by atoms with Crippen molar-refractivity contribution in [1.82, 2.24) is 14.4 Å². The lowest BCUT2D eigenvalue weighted by molar-refractivity contribution is -0.134. The third-order valence-electron chi connectivity index (χ3n) is 5.44. The Kier molecular flexibility index (Phi) is 6.75. The molecule has 1 saturated heterocycles. The largest absolute Gasteiger partial charge is 0.490 e. The minimum absolute atomic E-state index is 0.0157. The van der Waals surface area contributed by atoms with Gasteiger partial charge in [0, 0.05) is 49.8 Å². The molecule has 4 rings (SSSR count). The van der Waals surface area contributed by atoms with Gasteiger partial charge in [-0.2, -0.15) is 0 Å². The number of rotatable bonds is 7. The van der Waals surface area contributed by atoms with Crippen molar-refractivity contribution in [3.8, 4) is 17.2 Å². The van der Waals surface area contributed by atoms with Crippen LogP contribution in [0.25, 0.3) is 5.69 Å². The molecule has 166 valence electrons. The molecular formula is C25H27N3O4. The first kappa shape index (κ1) is 21.5. The average Bonchev–Trinajstić information content (AvgIpc) is 3.38. The number of ether oxygens (including phenoxy) is 2. The molecule has 1 aromatic heterocycles. The number of nitrogens with zero attached hydrogens (tertiary/aromatic N) is 3. The summed E-state index contributed by atoms with van der Waals surface area (Å²) in [6.07, 6.45) is 3.93. The minimum Gasteiger partial charge on any atom is -0.490 e. The second-order valence-electron chi connectivity index (χ2n) is 7.48. The number of carbonyl (C=O) groups excluding carboxylic acids is 2. The smallest absolute Gasteiger partial charge is 0.260 e. The lowest BCUT2D eigenvalue weighted by Crippen LogP contribution is -2.51. The molecule has 0 unspecified atom stereocenters. The van der Waals surface area contributed by atoms with E-state index in [1.165, 1.54) is 0 Å². The Morgan fingerprint density at radius 2 is 1.38 bits per heavy atom. The maximum absolute atomic E-state index is 12.9. The van der Waals surface area contributed by atoms with E-state index in [2.05, 4.69) is 0 Å². The second-order valence-corrected chi connectivity index (χ2v) is 7.48. The van der Waals surface area contributed by atoms with E-state index < -0.39 is 0 Å². The fourth-order valence-corrected chi connectivity index (χ4v) is 3.70. The Labute approximate surface area is 187 Å². The van der Waals surface area contributed by atoms with Crippen LogP contribution in [0.1, 0.15) is 17.3 Å².